The van der Waals surface area contributed by atoms with Gasteiger partial charge in [-0.3, -0.25) is 4.79 Å². The van der Waals surface area contributed by atoms with Crippen LogP contribution in [0.1, 0.15) is 25.7 Å². The second kappa shape index (κ2) is 6.38. The van der Waals surface area contributed by atoms with Crippen molar-refractivity contribution in [1.82, 2.24) is 10.2 Å². The molecule has 1 unspecified atom stereocenters. The van der Waals surface area contributed by atoms with E-state index in [4.69, 9.17) is 5.73 Å². The molecule has 7 heteroatoms. The highest BCUT2D eigenvalue weighted by atomic mass is 19.4. The van der Waals surface area contributed by atoms with Gasteiger partial charge < -0.3 is 16.0 Å². The molecule has 106 valence electrons. The number of primary amides is 1. The number of nitrogens with two attached hydrogens (primary N) is 1. The van der Waals surface area contributed by atoms with Crippen LogP contribution in [0, 0.1) is 0 Å². The summed E-state index contributed by atoms with van der Waals surface area (Å²) in [5, 5.41) is 3.09. The number of alkyl halides is 3. The summed E-state index contributed by atoms with van der Waals surface area (Å²) in [5.41, 5.74) is 5.24. The average Bonchev–Trinajstić information content (AvgIpc) is 3.03. The zero-order chi connectivity index (χ0) is 13.8. The lowest BCUT2D eigenvalue weighted by molar-refractivity contribution is -0.137. The number of carbonyl (C=O) groups is 1. The molecule has 1 aliphatic rings. The largest absolute Gasteiger partial charge is 0.390 e. The molecule has 0 saturated heterocycles. The fourth-order valence-electron chi connectivity index (χ4n) is 1.62. The van der Waals surface area contributed by atoms with Crippen LogP contribution in [-0.4, -0.2) is 49.2 Å². The molecule has 1 saturated carbocycles. The van der Waals surface area contributed by atoms with Crippen LogP contribution in [0.15, 0.2) is 0 Å². The van der Waals surface area contributed by atoms with Gasteiger partial charge in [0.2, 0.25) is 5.91 Å². The van der Waals surface area contributed by atoms with Crippen LogP contribution in [0.3, 0.4) is 0 Å². The predicted octanol–water partition coefficient (Wildman–Crippen LogP) is 0.867. The molecule has 0 aromatic rings. The van der Waals surface area contributed by atoms with E-state index >= 15 is 0 Å². The molecular weight excluding hydrogens is 247 g/mol. The number of nitrogens with one attached hydrogen (secondary N) is 1. The van der Waals surface area contributed by atoms with Gasteiger partial charge in [0.25, 0.3) is 0 Å². The van der Waals surface area contributed by atoms with E-state index in [1.165, 1.54) is 0 Å². The Balaban J connectivity index is 2.21. The molecule has 4 nitrogen and oxygen atoms in total. The van der Waals surface area contributed by atoms with Crippen LogP contribution >= 0.6 is 0 Å². The third-order valence-corrected chi connectivity index (χ3v) is 2.93. The number of hydrogen-bond donors (Lipinski definition) is 2. The Hall–Kier alpha value is -0.820. The lowest BCUT2D eigenvalue weighted by Gasteiger charge is -2.21. The summed E-state index contributed by atoms with van der Waals surface area (Å²) in [6.45, 7) is 0.363. The molecule has 0 bridgehead atoms. The van der Waals surface area contributed by atoms with Crippen molar-refractivity contribution in [2.45, 2.75) is 43.9 Å². The lowest BCUT2D eigenvalue weighted by atomic mass is 10.2. The SMILES string of the molecule is CN(CCC(NC1CC1)C(N)=O)CCC(F)(F)F. The first-order valence-electron chi connectivity index (χ1n) is 6.08. The van der Waals surface area contributed by atoms with Crippen LogP contribution in [0.2, 0.25) is 0 Å². The molecule has 0 aromatic carbocycles. The second-order valence-corrected chi connectivity index (χ2v) is 4.85. The van der Waals surface area contributed by atoms with Crippen molar-refractivity contribution in [1.29, 1.82) is 0 Å². The van der Waals surface area contributed by atoms with Crippen molar-refractivity contribution in [2.24, 2.45) is 5.73 Å². The molecule has 0 aromatic heterocycles. The Morgan fingerprint density at radius 1 is 1.44 bits per heavy atom. The molecule has 1 atom stereocenters. The molecule has 0 heterocycles. The number of rotatable bonds is 8. The Morgan fingerprint density at radius 2 is 2.06 bits per heavy atom. The lowest BCUT2D eigenvalue weighted by Crippen LogP contribution is -2.44. The minimum absolute atomic E-state index is 0.0571. The Kier molecular flexibility index (Phi) is 5.40. The summed E-state index contributed by atoms with van der Waals surface area (Å²) in [5.74, 6) is -0.439. The van der Waals surface area contributed by atoms with Crippen molar-refractivity contribution in [3.05, 3.63) is 0 Å². The molecular formula is C11H20F3N3O. The molecule has 1 amide bonds. The Labute approximate surface area is 105 Å². The van der Waals surface area contributed by atoms with Gasteiger partial charge in [-0.15, -0.1) is 0 Å². The molecule has 0 aliphatic heterocycles. The van der Waals surface area contributed by atoms with Crippen LogP contribution in [0.4, 0.5) is 13.2 Å². The van der Waals surface area contributed by atoms with E-state index in [0.717, 1.165) is 12.8 Å². The molecule has 3 N–H and O–H groups in total. The summed E-state index contributed by atoms with van der Waals surface area (Å²) in [7, 11) is 1.61. The summed E-state index contributed by atoms with van der Waals surface area (Å²) < 4.78 is 36.0. The van der Waals surface area contributed by atoms with Crippen LogP contribution in [0.5, 0.6) is 0 Å². The van der Waals surface area contributed by atoms with Gasteiger partial charge in [-0.05, 0) is 32.9 Å². The maximum Gasteiger partial charge on any atom is 0.390 e. The van der Waals surface area contributed by atoms with Crippen molar-refractivity contribution < 1.29 is 18.0 Å². The van der Waals surface area contributed by atoms with E-state index < -0.39 is 24.5 Å². The Morgan fingerprint density at radius 3 is 2.50 bits per heavy atom. The van der Waals surface area contributed by atoms with E-state index in [0.29, 0.717) is 19.0 Å². The van der Waals surface area contributed by atoms with E-state index in [2.05, 4.69) is 5.32 Å². The maximum atomic E-state index is 12.0. The van der Waals surface area contributed by atoms with Gasteiger partial charge in [0.1, 0.15) is 0 Å². The maximum absolute atomic E-state index is 12.0. The average molecular weight is 267 g/mol. The molecule has 1 rings (SSSR count). The first-order chi connectivity index (χ1) is 8.28. The van der Waals surface area contributed by atoms with E-state index in [1.54, 1.807) is 11.9 Å². The van der Waals surface area contributed by atoms with E-state index in [1.807, 2.05) is 0 Å². The topological polar surface area (TPSA) is 58.4 Å². The first kappa shape index (κ1) is 15.2. The van der Waals surface area contributed by atoms with Crippen LogP contribution < -0.4 is 11.1 Å². The third-order valence-electron chi connectivity index (χ3n) is 2.93. The summed E-state index contributed by atoms with van der Waals surface area (Å²) in [4.78, 5) is 12.7. The standard InChI is InChI=1S/C11H20F3N3O/c1-17(7-5-11(12,13)14)6-4-9(10(15)18)16-8-2-3-8/h8-9,16H,2-7H2,1H3,(H2,15,18). The molecule has 0 spiro atoms. The highest BCUT2D eigenvalue weighted by Gasteiger charge is 2.29. The first-order valence-corrected chi connectivity index (χ1v) is 6.08. The zero-order valence-electron chi connectivity index (χ0n) is 10.5. The highest BCUT2D eigenvalue weighted by molar-refractivity contribution is 5.79. The number of halogens is 3. The number of carbonyl (C=O) groups excluding carboxylic acids is 1. The Bertz CT molecular complexity index is 279. The van der Waals surface area contributed by atoms with Crippen molar-refractivity contribution in [3.63, 3.8) is 0 Å². The fraction of sp³-hybridized carbons (Fsp3) is 0.909. The van der Waals surface area contributed by atoms with Gasteiger partial charge in [-0.1, -0.05) is 0 Å². The second-order valence-electron chi connectivity index (χ2n) is 4.85. The highest BCUT2D eigenvalue weighted by Crippen LogP contribution is 2.21. The van der Waals surface area contributed by atoms with Crippen molar-refractivity contribution in [2.75, 3.05) is 20.1 Å². The predicted molar refractivity (Wildman–Crippen MR) is 61.9 cm³/mol. The number of hydrogen-bond acceptors (Lipinski definition) is 3. The minimum Gasteiger partial charge on any atom is -0.368 e. The van der Waals surface area contributed by atoms with Gasteiger partial charge in [0.15, 0.2) is 0 Å². The number of amides is 1. The van der Waals surface area contributed by atoms with Gasteiger partial charge >= 0.3 is 6.18 Å². The van der Waals surface area contributed by atoms with Gasteiger partial charge in [-0.25, -0.2) is 0 Å². The van der Waals surface area contributed by atoms with Crippen molar-refractivity contribution >= 4 is 5.91 Å². The zero-order valence-corrected chi connectivity index (χ0v) is 10.5. The van der Waals surface area contributed by atoms with Crippen LogP contribution in [0.25, 0.3) is 0 Å². The van der Waals surface area contributed by atoms with Crippen molar-refractivity contribution in [3.8, 4) is 0 Å². The number of nitrogens with zero attached hydrogens (tertiary/aromatic N) is 1. The monoisotopic (exact) mass is 267 g/mol. The van der Waals surface area contributed by atoms with Crippen LogP contribution in [-0.2, 0) is 4.79 Å². The smallest absolute Gasteiger partial charge is 0.368 e. The van der Waals surface area contributed by atoms with E-state index in [-0.39, 0.29) is 6.54 Å². The normalized spacial score (nSPS) is 18.1. The summed E-state index contributed by atoms with van der Waals surface area (Å²) >= 11 is 0. The quantitative estimate of drug-likeness (QED) is 0.686. The molecule has 18 heavy (non-hydrogen) atoms. The van der Waals surface area contributed by atoms with E-state index in [9.17, 15) is 18.0 Å². The van der Waals surface area contributed by atoms with Gasteiger partial charge in [-0.2, -0.15) is 13.2 Å². The fourth-order valence-corrected chi connectivity index (χ4v) is 1.62. The summed E-state index contributed by atoms with van der Waals surface area (Å²) in [6, 6.07) is -0.0891. The molecule has 1 fully saturated rings. The third kappa shape index (κ3) is 6.80. The minimum atomic E-state index is -4.14. The molecule has 0 radical (unpaired) electrons. The molecule has 1 aliphatic carbocycles. The summed E-state index contributed by atoms with van der Waals surface area (Å²) in [6.07, 6.45) is -2.45. The van der Waals surface area contributed by atoms with Gasteiger partial charge in [0.05, 0.1) is 12.5 Å². The van der Waals surface area contributed by atoms with Gasteiger partial charge in [0, 0.05) is 12.6 Å².